The lowest BCUT2D eigenvalue weighted by Crippen LogP contribution is -2.21. The first-order valence-electron chi connectivity index (χ1n) is 8.39. The number of nitrogens with zero attached hydrogens (tertiary/aromatic N) is 2. The van der Waals surface area contributed by atoms with E-state index in [1.807, 2.05) is 0 Å². The minimum atomic E-state index is 0. The van der Waals surface area contributed by atoms with Gasteiger partial charge in [-0.1, -0.05) is 65.2 Å². The minimum Gasteiger partial charge on any atom is -0.279 e. The van der Waals surface area contributed by atoms with Gasteiger partial charge in [-0.25, -0.2) is 0 Å². The van der Waals surface area contributed by atoms with Gasteiger partial charge in [0.05, 0.1) is 0 Å². The summed E-state index contributed by atoms with van der Waals surface area (Å²) in [5, 5.41) is 0. The van der Waals surface area contributed by atoms with E-state index < -0.39 is 0 Å². The summed E-state index contributed by atoms with van der Waals surface area (Å²) in [7, 11) is 5.26. The summed E-state index contributed by atoms with van der Waals surface area (Å²) in [6.45, 7) is 7.17. The highest BCUT2D eigenvalue weighted by molar-refractivity contribution is 7.32. The van der Waals surface area contributed by atoms with E-state index in [2.05, 4.69) is 37.3 Å². The van der Waals surface area contributed by atoms with Crippen LogP contribution in [0.5, 0.6) is 0 Å². The molecule has 0 spiro atoms. The highest BCUT2D eigenvalue weighted by Gasteiger charge is 2.05. The molecule has 124 valence electrons. The summed E-state index contributed by atoms with van der Waals surface area (Å²) < 4.78 is 5.00. The van der Waals surface area contributed by atoms with Crippen LogP contribution in [0.4, 0.5) is 0 Å². The second kappa shape index (κ2) is 17.7. The monoisotopic (exact) mass is 324 g/mol. The van der Waals surface area contributed by atoms with Gasteiger partial charge in [0.1, 0.15) is 0 Å². The van der Waals surface area contributed by atoms with Gasteiger partial charge in [-0.15, -0.1) is 12.4 Å². The Kier molecular flexibility index (Phi) is 20.3. The zero-order valence-electron chi connectivity index (χ0n) is 14.3. The third-order valence-electron chi connectivity index (χ3n) is 3.40. The number of hydrogen-bond acceptors (Lipinski definition) is 2. The van der Waals surface area contributed by atoms with Gasteiger partial charge in [0, 0.05) is 22.0 Å². The predicted molar refractivity (Wildman–Crippen MR) is 98.3 cm³/mol. The van der Waals surface area contributed by atoms with Crippen molar-refractivity contribution in [1.82, 2.24) is 9.34 Å². The molecule has 0 N–H and O–H groups in total. The Labute approximate surface area is 136 Å². The van der Waals surface area contributed by atoms with Crippen LogP contribution in [0, 0.1) is 0 Å². The number of halogens is 1. The molecule has 0 fully saturated rings. The summed E-state index contributed by atoms with van der Waals surface area (Å²) >= 11 is 0. The van der Waals surface area contributed by atoms with Crippen molar-refractivity contribution < 1.29 is 0 Å². The maximum absolute atomic E-state index is 2.66. The van der Waals surface area contributed by atoms with Crippen LogP contribution in [0.15, 0.2) is 0 Å². The third kappa shape index (κ3) is 16.7. The number of rotatable bonds is 14. The van der Waals surface area contributed by atoms with Crippen molar-refractivity contribution in [2.45, 2.75) is 78.1 Å². The Morgan fingerprint density at radius 1 is 0.650 bits per heavy atom. The zero-order valence-corrected chi connectivity index (χ0v) is 16.1. The molecule has 0 aromatic heterocycles. The van der Waals surface area contributed by atoms with E-state index in [-0.39, 0.29) is 12.4 Å². The molecule has 0 radical (unpaired) electrons. The summed E-state index contributed by atoms with van der Waals surface area (Å²) in [6.07, 6.45) is 14.0. The van der Waals surface area contributed by atoms with Crippen molar-refractivity contribution in [3.63, 3.8) is 0 Å². The molecular formula is C16H38ClN2P. The first-order valence-corrected chi connectivity index (χ1v) is 9.28. The predicted octanol–water partition coefficient (Wildman–Crippen LogP) is 5.72. The van der Waals surface area contributed by atoms with Crippen LogP contribution < -0.4 is 0 Å². The zero-order chi connectivity index (χ0) is 14.3. The maximum Gasteiger partial charge on any atom is 0.0234 e. The van der Waals surface area contributed by atoms with Crippen LogP contribution in [-0.2, 0) is 0 Å². The molecule has 1 atom stereocenters. The quantitative estimate of drug-likeness (QED) is 0.298. The normalized spacial score (nSPS) is 11.7. The standard InChI is InChI=1S/C16H37N2P.ClH/c1-5-7-9-11-13-15-18(19-17(3)4)16-14-12-10-8-6-2;/h19H,5-16H2,1-4H3;1H. The first-order chi connectivity index (χ1) is 9.20. The molecule has 0 aliphatic heterocycles. The second-order valence-corrected chi connectivity index (χ2v) is 7.54. The van der Waals surface area contributed by atoms with Crippen LogP contribution in [0.3, 0.4) is 0 Å². The average molecular weight is 325 g/mol. The Hall–Kier alpha value is 0.640. The van der Waals surface area contributed by atoms with Crippen LogP contribution in [0.2, 0.25) is 0 Å². The van der Waals surface area contributed by atoms with Gasteiger partial charge in [-0.2, -0.15) is 0 Å². The van der Waals surface area contributed by atoms with E-state index >= 15 is 0 Å². The SMILES string of the molecule is CCCCCCCN(CCCCCCC)PN(C)C.Cl. The van der Waals surface area contributed by atoms with E-state index in [1.54, 1.807) is 0 Å². The second-order valence-electron chi connectivity index (χ2n) is 5.81. The van der Waals surface area contributed by atoms with Crippen molar-refractivity contribution in [3.8, 4) is 0 Å². The van der Waals surface area contributed by atoms with E-state index in [1.165, 1.54) is 77.3 Å². The Balaban J connectivity index is 0. The van der Waals surface area contributed by atoms with Gasteiger partial charge in [0.2, 0.25) is 0 Å². The Morgan fingerprint density at radius 3 is 1.40 bits per heavy atom. The van der Waals surface area contributed by atoms with Crippen molar-refractivity contribution in [3.05, 3.63) is 0 Å². The largest absolute Gasteiger partial charge is 0.279 e. The molecule has 0 saturated heterocycles. The van der Waals surface area contributed by atoms with Gasteiger partial charge in [0.25, 0.3) is 0 Å². The fraction of sp³-hybridized carbons (Fsp3) is 1.00. The average Bonchev–Trinajstić information content (AvgIpc) is 2.37. The summed E-state index contributed by atoms with van der Waals surface area (Å²) in [5.41, 5.74) is 0. The highest BCUT2D eigenvalue weighted by atomic mass is 35.5. The smallest absolute Gasteiger partial charge is 0.0234 e. The molecule has 0 aromatic rings. The molecule has 0 aliphatic carbocycles. The third-order valence-corrected chi connectivity index (χ3v) is 4.53. The maximum atomic E-state index is 2.66. The lowest BCUT2D eigenvalue weighted by molar-refractivity contribution is 0.404. The molecule has 0 aromatic carbocycles. The van der Waals surface area contributed by atoms with Crippen LogP contribution in [0.1, 0.15) is 78.1 Å². The van der Waals surface area contributed by atoms with Crippen molar-refractivity contribution in [2.75, 3.05) is 27.2 Å². The van der Waals surface area contributed by atoms with Gasteiger partial charge < -0.3 is 0 Å². The lowest BCUT2D eigenvalue weighted by Gasteiger charge is -2.25. The first kappa shape index (κ1) is 22.9. The van der Waals surface area contributed by atoms with E-state index in [4.69, 9.17) is 0 Å². The molecule has 0 heterocycles. The van der Waals surface area contributed by atoms with Crippen LogP contribution in [-0.4, -0.2) is 36.5 Å². The van der Waals surface area contributed by atoms with Gasteiger partial charge in [-0.3, -0.25) is 9.34 Å². The number of hydrogen-bond donors (Lipinski definition) is 0. The van der Waals surface area contributed by atoms with Crippen LogP contribution >= 0.6 is 21.3 Å². The number of unbranched alkanes of at least 4 members (excludes halogenated alkanes) is 8. The fourth-order valence-electron chi connectivity index (χ4n) is 2.31. The van der Waals surface area contributed by atoms with Gasteiger partial charge >= 0.3 is 0 Å². The van der Waals surface area contributed by atoms with Crippen molar-refractivity contribution in [1.29, 1.82) is 0 Å². The summed E-state index contributed by atoms with van der Waals surface area (Å²) in [4.78, 5) is 0. The van der Waals surface area contributed by atoms with E-state index in [0.717, 1.165) is 8.88 Å². The lowest BCUT2D eigenvalue weighted by atomic mass is 10.1. The van der Waals surface area contributed by atoms with Crippen LogP contribution in [0.25, 0.3) is 0 Å². The topological polar surface area (TPSA) is 6.48 Å². The van der Waals surface area contributed by atoms with E-state index in [0.29, 0.717) is 0 Å². The Bertz CT molecular complexity index is 166. The van der Waals surface area contributed by atoms with Gasteiger partial charge in [-0.05, 0) is 26.9 Å². The minimum absolute atomic E-state index is 0. The fourth-order valence-corrected chi connectivity index (χ4v) is 3.39. The van der Waals surface area contributed by atoms with Gasteiger partial charge in [0.15, 0.2) is 0 Å². The molecular weight excluding hydrogens is 287 g/mol. The molecule has 0 bridgehead atoms. The summed E-state index contributed by atoms with van der Waals surface area (Å²) in [6, 6.07) is 0. The Morgan fingerprint density at radius 2 is 1.05 bits per heavy atom. The highest BCUT2D eigenvalue weighted by Crippen LogP contribution is 2.22. The molecule has 0 saturated carbocycles. The van der Waals surface area contributed by atoms with Crippen molar-refractivity contribution in [2.24, 2.45) is 0 Å². The molecule has 0 aliphatic rings. The summed E-state index contributed by atoms with van der Waals surface area (Å²) in [5.74, 6) is 0. The molecule has 20 heavy (non-hydrogen) atoms. The molecule has 0 amide bonds. The van der Waals surface area contributed by atoms with E-state index in [9.17, 15) is 0 Å². The molecule has 0 rings (SSSR count). The van der Waals surface area contributed by atoms with Crippen molar-refractivity contribution >= 4 is 21.3 Å². The molecule has 4 heteroatoms. The molecule has 1 unspecified atom stereocenters. The molecule has 2 nitrogen and oxygen atoms in total.